The molecule has 0 heterocycles. The van der Waals surface area contributed by atoms with Gasteiger partial charge in [-0.05, 0) is 0 Å². The number of hydrogen-bond acceptors (Lipinski definition) is 1. The minimum atomic E-state index is 0. The molecule has 0 saturated carbocycles. The summed E-state index contributed by atoms with van der Waals surface area (Å²) < 4.78 is 0. The molecule has 0 spiro atoms. The van der Waals surface area contributed by atoms with Crippen molar-refractivity contribution in [3.05, 3.63) is 0 Å². The van der Waals surface area contributed by atoms with Crippen molar-refractivity contribution >= 4 is 18.9 Å². The predicted octanol–water partition coefficient (Wildman–Crippen LogP) is 3.72. The Balaban J connectivity index is -0.000000180. The molecule has 0 fully saturated rings. The number of rotatable bonds is 6. The van der Waals surface area contributed by atoms with E-state index in [4.69, 9.17) is 0 Å². The number of unbranched alkanes of at least 4 members (excludes halogenated alkanes) is 4. The van der Waals surface area contributed by atoms with Gasteiger partial charge in [0.1, 0.15) is 0 Å². The van der Waals surface area contributed by atoms with E-state index < -0.39 is 0 Å². The number of nitrogens with one attached hydrogen (secondary N) is 1. The van der Waals surface area contributed by atoms with Crippen molar-refractivity contribution in [2.24, 2.45) is 0 Å². The molecule has 0 aliphatic heterocycles. The van der Waals surface area contributed by atoms with Crippen LogP contribution >= 0.6 is 0 Å². The number of hydrogen-bond donors (Lipinski definition) is 1. The summed E-state index contributed by atoms with van der Waals surface area (Å²) in [6.45, 7) is 13.1. The van der Waals surface area contributed by atoms with Crippen molar-refractivity contribution in [3.8, 4) is 0 Å². The summed E-state index contributed by atoms with van der Waals surface area (Å²) in [7, 11) is 0. The van der Waals surface area contributed by atoms with E-state index in [1.54, 1.807) is 0 Å². The maximum absolute atomic E-state index is 3.31. The Bertz CT molecular complexity index is 82.5. The topological polar surface area (TPSA) is 12.0 Å². The summed E-state index contributed by atoms with van der Waals surface area (Å²) in [6.07, 6.45) is 7.01. The van der Waals surface area contributed by atoms with Crippen LogP contribution in [-0.4, -0.2) is 30.9 Å². The van der Waals surface area contributed by atoms with Crippen molar-refractivity contribution in [2.75, 3.05) is 0 Å². The van der Waals surface area contributed by atoms with Crippen LogP contribution in [0, 0.1) is 0 Å². The van der Waals surface area contributed by atoms with E-state index in [-0.39, 0.29) is 18.9 Å². The second-order valence-corrected chi connectivity index (χ2v) is 4.54. The zero-order valence-corrected chi connectivity index (χ0v) is 11.2. The summed E-state index contributed by atoms with van der Waals surface area (Å²) in [6, 6.07) is 1.25. The van der Waals surface area contributed by atoms with Gasteiger partial charge in [-0.1, -0.05) is 73.6 Å². The molecule has 0 atom stereocenters. The van der Waals surface area contributed by atoms with Crippen LogP contribution in [0.3, 0.4) is 0 Å². The third-order valence-corrected chi connectivity index (χ3v) is 1.87. The molecule has 0 amide bonds. The van der Waals surface area contributed by atoms with Gasteiger partial charge >= 0.3 is 18.9 Å². The van der Waals surface area contributed by atoms with E-state index >= 15 is 0 Å². The van der Waals surface area contributed by atoms with Gasteiger partial charge in [-0.15, -0.1) is 0 Å². The normalized spacial score (nSPS) is 9.60. The fourth-order valence-corrected chi connectivity index (χ4v) is 1.34. The average molecular weight is 209 g/mol. The first-order chi connectivity index (χ1) is 6.54. The zero-order valence-electron chi connectivity index (χ0n) is 11.2. The average Bonchev–Trinajstić information content (AvgIpc) is 2.04. The van der Waals surface area contributed by atoms with Crippen molar-refractivity contribution in [1.82, 2.24) is 5.32 Å². The third-order valence-electron chi connectivity index (χ3n) is 1.87. The Morgan fingerprint density at radius 2 is 1.07 bits per heavy atom. The van der Waals surface area contributed by atoms with Gasteiger partial charge in [-0.2, -0.15) is 0 Å². The first-order valence-electron chi connectivity index (χ1n) is 6.30. The quantitative estimate of drug-likeness (QED) is 0.519. The molecule has 0 bridgehead atoms. The molecule has 1 N–H and O–H groups in total. The summed E-state index contributed by atoms with van der Waals surface area (Å²) in [5.41, 5.74) is 0. The Morgan fingerprint density at radius 3 is 1.20 bits per heavy atom. The molecule has 0 rings (SSSR count). The fourth-order valence-electron chi connectivity index (χ4n) is 1.34. The van der Waals surface area contributed by atoms with Gasteiger partial charge < -0.3 is 5.32 Å². The van der Waals surface area contributed by atoms with Crippen molar-refractivity contribution in [2.45, 2.75) is 85.7 Å². The molecule has 0 saturated heterocycles. The fraction of sp³-hybridized carbons (Fsp3) is 1.00. The molecule has 15 heavy (non-hydrogen) atoms. The third kappa shape index (κ3) is 31.3. The Morgan fingerprint density at radius 1 is 0.733 bits per heavy atom. The molecule has 0 aliphatic rings. The Kier molecular flexibility index (Phi) is 23.7. The van der Waals surface area contributed by atoms with Gasteiger partial charge in [0.2, 0.25) is 0 Å². The molecular weight excluding hydrogens is 177 g/mol. The second kappa shape index (κ2) is 17.0. The van der Waals surface area contributed by atoms with E-state index in [0.717, 1.165) is 0 Å². The van der Waals surface area contributed by atoms with Crippen molar-refractivity contribution in [1.29, 1.82) is 0 Å². The van der Waals surface area contributed by atoms with Crippen LogP contribution in [-0.2, 0) is 0 Å². The zero-order chi connectivity index (χ0) is 11.4. The standard InChI is InChI=1S/C7H16.C6H15N.Li.H/c1-3-5-7-6-4-2;1-5(2)7-6(3)4;;/h3-7H2,1-2H3;5-7H,1-4H3;;. The summed E-state index contributed by atoms with van der Waals surface area (Å²) >= 11 is 0. The molecule has 0 aliphatic carbocycles. The van der Waals surface area contributed by atoms with Crippen LogP contribution in [0.25, 0.3) is 0 Å². The van der Waals surface area contributed by atoms with Crippen LogP contribution in [0.15, 0.2) is 0 Å². The van der Waals surface area contributed by atoms with Crippen LogP contribution in [0.1, 0.15) is 73.6 Å². The first-order valence-corrected chi connectivity index (χ1v) is 6.30. The van der Waals surface area contributed by atoms with Crippen molar-refractivity contribution < 1.29 is 0 Å². The van der Waals surface area contributed by atoms with Gasteiger partial charge in [0, 0.05) is 12.1 Å². The molecule has 0 aromatic heterocycles. The maximum atomic E-state index is 3.31. The van der Waals surface area contributed by atoms with Gasteiger partial charge in [-0.25, -0.2) is 0 Å². The predicted molar refractivity (Wildman–Crippen MR) is 75.0 cm³/mol. The molecule has 1 nitrogen and oxygen atoms in total. The van der Waals surface area contributed by atoms with E-state index in [0.29, 0.717) is 12.1 Å². The van der Waals surface area contributed by atoms with Gasteiger partial charge in [0.15, 0.2) is 0 Å². The SMILES string of the molecule is CC(C)NC(C)C.CCCCCCC.[LiH]. The van der Waals surface area contributed by atoms with Crippen LogP contribution in [0.2, 0.25) is 0 Å². The Labute approximate surface area is 110 Å². The molecule has 0 radical (unpaired) electrons. The van der Waals surface area contributed by atoms with E-state index in [9.17, 15) is 0 Å². The Hall–Kier alpha value is 0.557. The van der Waals surface area contributed by atoms with Crippen LogP contribution in [0.4, 0.5) is 0 Å². The van der Waals surface area contributed by atoms with E-state index in [2.05, 4.69) is 46.9 Å². The molecule has 0 aromatic carbocycles. The minimum absolute atomic E-state index is 0. The van der Waals surface area contributed by atoms with Gasteiger partial charge in [0.05, 0.1) is 0 Å². The molecule has 90 valence electrons. The molecule has 0 aromatic rings. The monoisotopic (exact) mass is 209 g/mol. The summed E-state index contributed by atoms with van der Waals surface area (Å²) in [5, 5.41) is 3.31. The second-order valence-electron chi connectivity index (χ2n) is 4.54. The van der Waals surface area contributed by atoms with Crippen LogP contribution in [0.5, 0.6) is 0 Å². The first kappa shape index (κ1) is 20.9. The van der Waals surface area contributed by atoms with Crippen LogP contribution < -0.4 is 5.32 Å². The van der Waals surface area contributed by atoms with Gasteiger partial charge in [-0.3, -0.25) is 0 Å². The van der Waals surface area contributed by atoms with Crippen molar-refractivity contribution in [3.63, 3.8) is 0 Å². The van der Waals surface area contributed by atoms with Gasteiger partial charge in [0.25, 0.3) is 0 Å². The van der Waals surface area contributed by atoms with E-state index in [1.165, 1.54) is 32.1 Å². The summed E-state index contributed by atoms with van der Waals surface area (Å²) in [5.74, 6) is 0. The summed E-state index contributed by atoms with van der Waals surface area (Å²) in [4.78, 5) is 0. The molecule has 2 heteroatoms. The molecular formula is C13H32LiN. The van der Waals surface area contributed by atoms with E-state index in [1.807, 2.05) is 0 Å². The molecule has 0 unspecified atom stereocenters.